The van der Waals surface area contributed by atoms with E-state index < -0.39 is 0 Å². The van der Waals surface area contributed by atoms with Gasteiger partial charge in [-0.1, -0.05) is 206 Å². The maximum Gasteiger partial charge on any atom is 0.165 e. The molecular weight excluding hydrogens is 813 g/mol. The third-order valence-corrected chi connectivity index (χ3v) is 13.2. The van der Waals surface area contributed by atoms with Gasteiger partial charge in [-0.15, -0.1) is 0 Å². The van der Waals surface area contributed by atoms with Crippen molar-refractivity contribution in [2.45, 2.75) is 0 Å². The fourth-order valence-electron chi connectivity index (χ4n) is 9.96. The van der Waals surface area contributed by atoms with E-state index in [-0.39, 0.29) is 0 Å². The Morgan fingerprint density at radius 3 is 1.52 bits per heavy atom. The monoisotopic (exact) mass is 852 g/mol. The summed E-state index contributed by atoms with van der Waals surface area (Å²) in [5.41, 5.74) is 12.6. The van der Waals surface area contributed by atoms with Crippen molar-refractivity contribution in [2.24, 2.45) is 0 Å². The lowest BCUT2D eigenvalue weighted by Gasteiger charge is -2.20. The molecule has 0 spiro atoms. The molecule has 11 aromatic carbocycles. The first-order valence-corrected chi connectivity index (χ1v) is 22.8. The quantitative estimate of drug-likeness (QED) is 0.160. The molecule has 13 rings (SSSR count). The second-order valence-electron chi connectivity index (χ2n) is 17.2. The maximum atomic E-state index is 5.50. The summed E-state index contributed by atoms with van der Waals surface area (Å²) in [6.45, 7) is 0. The molecule has 0 saturated carbocycles. The Kier molecular flexibility index (Phi) is 9.14. The fraction of sp³-hybridized carbons (Fsp3) is 0. The van der Waals surface area contributed by atoms with Crippen molar-refractivity contribution in [1.82, 2.24) is 19.5 Å². The molecule has 2 heterocycles. The summed E-state index contributed by atoms with van der Waals surface area (Å²) in [6.07, 6.45) is 0. The molecule has 4 nitrogen and oxygen atoms in total. The average Bonchev–Trinajstić information content (AvgIpc) is 3.73. The summed E-state index contributed by atoms with van der Waals surface area (Å²) in [5, 5.41) is 9.51. The Balaban J connectivity index is 1.17. The Hall–Kier alpha value is -8.99. The van der Waals surface area contributed by atoms with Crippen LogP contribution in [0.25, 0.3) is 127 Å². The molecule has 0 atom stereocenters. The number of aromatic nitrogens is 4. The molecular formula is C63H40N4. The molecule has 0 fully saturated rings. The van der Waals surface area contributed by atoms with Gasteiger partial charge in [-0.25, -0.2) is 15.0 Å². The van der Waals surface area contributed by atoms with Crippen LogP contribution in [-0.4, -0.2) is 19.5 Å². The molecule has 4 heteroatoms. The highest BCUT2D eigenvalue weighted by molar-refractivity contribution is 6.21. The maximum absolute atomic E-state index is 5.50. The van der Waals surface area contributed by atoms with E-state index in [1.54, 1.807) is 0 Å². The first kappa shape index (κ1) is 38.5. The van der Waals surface area contributed by atoms with Crippen LogP contribution in [0.15, 0.2) is 243 Å². The minimum Gasteiger partial charge on any atom is -0.309 e. The summed E-state index contributed by atoms with van der Waals surface area (Å²) in [4.78, 5) is 16.2. The summed E-state index contributed by atoms with van der Waals surface area (Å²) < 4.78 is 2.49. The van der Waals surface area contributed by atoms with Gasteiger partial charge in [-0.05, 0) is 96.7 Å². The normalized spacial score (nSPS) is 11.6. The SMILES string of the molecule is c1ccc(-c2cccc(-c3cc(-n4c5cc6ccccc6cc5c5ccc6ccccc6c54)cc(-c4ccccc4)c3-c3nc(-c4ccccc4)nc(-c4ccc5ccccc5c4)n3)c2)cc1. The minimum atomic E-state index is 0.598. The van der Waals surface area contributed by atoms with Gasteiger partial charge in [-0.3, -0.25) is 0 Å². The van der Waals surface area contributed by atoms with E-state index in [2.05, 4.69) is 229 Å². The van der Waals surface area contributed by atoms with Crippen LogP contribution in [0.1, 0.15) is 0 Å². The van der Waals surface area contributed by atoms with Gasteiger partial charge in [-0.2, -0.15) is 0 Å². The van der Waals surface area contributed by atoms with Crippen LogP contribution in [0.3, 0.4) is 0 Å². The third kappa shape index (κ3) is 6.74. The van der Waals surface area contributed by atoms with E-state index in [9.17, 15) is 0 Å². The highest BCUT2D eigenvalue weighted by atomic mass is 15.0. The average molecular weight is 853 g/mol. The van der Waals surface area contributed by atoms with Crippen molar-refractivity contribution >= 4 is 54.1 Å². The second kappa shape index (κ2) is 15.9. The van der Waals surface area contributed by atoms with E-state index in [1.165, 1.54) is 37.8 Å². The second-order valence-corrected chi connectivity index (χ2v) is 17.2. The zero-order valence-electron chi connectivity index (χ0n) is 36.4. The summed E-state index contributed by atoms with van der Waals surface area (Å²) >= 11 is 0. The smallest absolute Gasteiger partial charge is 0.165 e. The zero-order chi connectivity index (χ0) is 44.3. The van der Waals surface area contributed by atoms with Gasteiger partial charge in [0, 0.05) is 38.5 Å². The lowest BCUT2D eigenvalue weighted by atomic mass is 9.89. The molecule has 0 unspecified atom stereocenters. The number of hydrogen-bond donors (Lipinski definition) is 0. The molecule has 0 aliphatic carbocycles. The van der Waals surface area contributed by atoms with Crippen LogP contribution in [0.2, 0.25) is 0 Å². The van der Waals surface area contributed by atoms with Crippen LogP contribution >= 0.6 is 0 Å². The van der Waals surface area contributed by atoms with E-state index in [0.717, 1.165) is 72.0 Å². The molecule has 2 aromatic heterocycles. The first-order chi connectivity index (χ1) is 33.2. The van der Waals surface area contributed by atoms with Crippen molar-refractivity contribution in [3.8, 4) is 73.2 Å². The number of hydrogen-bond acceptors (Lipinski definition) is 3. The van der Waals surface area contributed by atoms with Gasteiger partial charge in [0.25, 0.3) is 0 Å². The molecule has 0 bridgehead atoms. The lowest BCUT2D eigenvalue weighted by molar-refractivity contribution is 1.07. The summed E-state index contributed by atoms with van der Waals surface area (Å²) in [6, 6.07) is 86.8. The number of fused-ring (bicyclic) bond motifs is 7. The molecule has 0 aliphatic heterocycles. The van der Waals surface area contributed by atoms with Crippen molar-refractivity contribution in [2.75, 3.05) is 0 Å². The molecule has 312 valence electrons. The third-order valence-electron chi connectivity index (χ3n) is 13.2. The summed E-state index contributed by atoms with van der Waals surface area (Å²) in [7, 11) is 0. The van der Waals surface area contributed by atoms with Crippen molar-refractivity contribution in [3.05, 3.63) is 243 Å². The Morgan fingerprint density at radius 1 is 0.269 bits per heavy atom. The van der Waals surface area contributed by atoms with Crippen molar-refractivity contribution in [3.63, 3.8) is 0 Å². The van der Waals surface area contributed by atoms with Crippen LogP contribution in [0, 0.1) is 0 Å². The van der Waals surface area contributed by atoms with Crippen molar-refractivity contribution in [1.29, 1.82) is 0 Å². The fourth-order valence-corrected chi connectivity index (χ4v) is 9.96. The van der Waals surface area contributed by atoms with Crippen LogP contribution in [0.4, 0.5) is 0 Å². The molecule has 0 radical (unpaired) electrons. The Bertz CT molecular complexity index is 4030. The van der Waals surface area contributed by atoms with Gasteiger partial charge < -0.3 is 4.57 Å². The molecule has 0 aliphatic rings. The van der Waals surface area contributed by atoms with E-state index in [1.807, 2.05) is 18.2 Å². The molecule has 0 saturated heterocycles. The van der Waals surface area contributed by atoms with Gasteiger partial charge in [0.15, 0.2) is 17.5 Å². The van der Waals surface area contributed by atoms with Gasteiger partial charge >= 0.3 is 0 Å². The lowest BCUT2D eigenvalue weighted by Crippen LogP contribution is -2.04. The van der Waals surface area contributed by atoms with Crippen molar-refractivity contribution < 1.29 is 0 Å². The molecule has 0 amide bonds. The molecule has 0 N–H and O–H groups in total. The standard InChI is InChI=1S/C63H40N4/c1-4-17-41(18-5-1)47-28-16-29-50(35-47)56-40-52(67-58-38-49-27-13-12-26-48(49)37-57(58)54-34-33-44-22-14-15-30-53(44)60(54)67)39-55(43-20-6-2-7-21-43)59(56)63-65-61(45-23-8-3-9-24-45)64-62(66-63)51-32-31-42-19-10-11-25-46(42)36-51/h1-40H. The number of rotatable bonds is 7. The predicted molar refractivity (Wildman–Crippen MR) is 279 cm³/mol. The number of benzene rings is 11. The minimum absolute atomic E-state index is 0.598. The highest BCUT2D eigenvalue weighted by Crippen LogP contribution is 2.45. The van der Waals surface area contributed by atoms with Crippen LogP contribution < -0.4 is 0 Å². The van der Waals surface area contributed by atoms with Crippen LogP contribution in [0.5, 0.6) is 0 Å². The Labute approximate surface area is 387 Å². The largest absolute Gasteiger partial charge is 0.309 e. The summed E-state index contributed by atoms with van der Waals surface area (Å²) in [5.74, 6) is 1.82. The first-order valence-electron chi connectivity index (χ1n) is 22.8. The van der Waals surface area contributed by atoms with E-state index >= 15 is 0 Å². The van der Waals surface area contributed by atoms with Gasteiger partial charge in [0.2, 0.25) is 0 Å². The van der Waals surface area contributed by atoms with E-state index in [0.29, 0.717) is 17.5 Å². The van der Waals surface area contributed by atoms with E-state index in [4.69, 9.17) is 15.0 Å². The zero-order valence-corrected chi connectivity index (χ0v) is 36.4. The van der Waals surface area contributed by atoms with Gasteiger partial charge in [0.1, 0.15) is 0 Å². The predicted octanol–water partition coefficient (Wildman–Crippen LogP) is 16.4. The number of nitrogens with zero attached hydrogens (tertiary/aromatic N) is 4. The highest BCUT2D eigenvalue weighted by Gasteiger charge is 2.24. The van der Waals surface area contributed by atoms with Crippen LogP contribution in [-0.2, 0) is 0 Å². The van der Waals surface area contributed by atoms with Gasteiger partial charge in [0.05, 0.1) is 11.0 Å². The Morgan fingerprint density at radius 2 is 0.791 bits per heavy atom. The molecule has 67 heavy (non-hydrogen) atoms. The molecule has 13 aromatic rings. The topological polar surface area (TPSA) is 43.6 Å².